The highest BCUT2D eigenvalue weighted by molar-refractivity contribution is 6.02. The number of benzene rings is 1. The molecule has 0 saturated carbocycles. The number of hydrogen-bond donors (Lipinski definition) is 2. The number of nitrogens with two attached hydrogens (primary N) is 1. The Morgan fingerprint density at radius 2 is 2.00 bits per heavy atom. The standard InChI is InChI=1S/C23H30N6O/c1-14-12-29(17-10-23(2,3)11-18(30)19(14)17)16-7-6-15-20(26-13-27-22(15)24)21(16)25-8-9-28(4)5/h6-7,12-13,25H,8-11H2,1-5H3,(H2,24,26,27). The number of nitrogens with one attached hydrogen (secondary N) is 1. The van der Waals surface area contributed by atoms with Crippen molar-refractivity contribution in [1.82, 2.24) is 19.4 Å². The van der Waals surface area contributed by atoms with Crippen LogP contribution in [0.5, 0.6) is 0 Å². The van der Waals surface area contributed by atoms with Gasteiger partial charge in [-0.3, -0.25) is 4.79 Å². The molecule has 0 spiro atoms. The molecule has 2 heterocycles. The molecule has 1 aliphatic carbocycles. The van der Waals surface area contributed by atoms with Crippen molar-refractivity contribution in [3.8, 4) is 5.69 Å². The normalized spacial score (nSPS) is 15.6. The number of ketones is 1. The third-order valence-corrected chi connectivity index (χ3v) is 5.80. The van der Waals surface area contributed by atoms with Crippen LogP contribution in [0.25, 0.3) is 16.6 Å². The summed E-state index contributed by atoms with van der Waals surface area (Å²) in [6.45, 7) is 7.97. The third-order valence-electron chi connectivity index (χ3n) is 5.80. The summed E-state index contributed by atoms with van der Waals surface area (Å²) in [5.74, 6) is 0.691. The van der Waals surface area contributed by atoms with Crippen LogP contribution in [0.3, 0.4) is 0 Å². The first-order valence-electron chi connectivity index (χ1n) is 10.3. The molecular formula is C23H30N6O. The fraction of sp³-hybridized carbons (Fsp3) is 0.435. The summed E-state index contributed by atoms with van der Waals surface area (Å²) in [5.41, 5.74) is 11.7. The van der Waals surface area contributed by atoms with Crippen LogP contribution >= 0.6 is 0 Å². The molecule has 1 aromatic carbocycles. The smallest absolute Gasteiger partial charge is 0.165 e. The second-order valence-corrected chi connectivity index (χ2v) is 9.29. The molecule has 4 rings (SSSR count). The first kappa shape index (κ1) is 20.3. The van der Waals surface area contributed by atoms with Gasteiger partial charge in [-0.2, -0.15) is 0 Å². The van der Waals surface area contributed by atoms with Gasteiger partial charge in [0.15, 0.2) is 5.78 Å². The van der Waals surface area contributed by atoms with Crippen molar-refractivity contribution < 1.29 is 4.79 Å². The van der Waals surface area contributed by atoms with E-state index in [0.717, 1.165) is 58.6 Å². The summed E-state index contributed by atoms with van der Waals surface area (Å²) in [5, 5.41) is 4.39. The quantitative estimate of drug-likeness (QED) is 0.675. The number of rotatable bonds is 5. The number of nitrogens with zero attached hydrogens (tertiary/aromatic N) is 4. The topological polar surface area (TPSA) is 89.1 Å². The van der Waals surface area contributed by atoms with Gasteiger partial charge in [0.2, 0.25) is 0 Å². The molecule has 7 heteroatoms. The Hall–Kier alpha value is -2.93. The molecule has 158 valence electrons. The van der Waals surface area contributed by atoms with E-state index in [-0.39, 0.29) is 11.2 Å². The molecule has 3 aromatic rings. The maximum atomic E-state index is 12.9. The largest absolute Gasteiger partial charge is 0.383 e. The monoisotopic (exact) mass is 406 g/mol. The number of nitrogen functional groups attached to an aromatic ring is 1. The fourth-order valence-corrected chi connectivity index (χ4v) is 4.41. The average Bonchev–Trinajstić information content (AvgIpc) is 2.97. The lowest BCUT2D eigenvalue weighted by atomic mass is 9.75. The lowest BCUT2D eigenvalue weighted by Crippen LogP contribution is -2.28. The maximum Gasteiger partial charge on any atom is 0.165 e. The molecule has 2 aromatic heterocycles. The van der Waals surface area contributed by atoms with Gasteiger partial charge < -0.3 is 20.5 Å². The van der Waals surface area contributed by atoms with Crippen LogP contribution in [-0.4, -0.2) is 52.4 Å². The van der Waals surface area contributed by atoms with Crippen molar-refractivity contribution in [2.75, 3.05) is 38.2 Å². The second kappa shape index (κ2) is 7.40. The van der Waals surface area contributed by atoms with Crippen molar-refractivity contribution >= 4 is 28.2 Å². The van der Waals surface area contributed by atoms with Gasteiger partial charge in [0.1, 0.15) is 17.7 Å². The highest BCUT2D eigenvalue weighted by Gasteiger charge is 2.35. The highest BCUT2D eigenvalue weighted by Crippen LogP contribution is 2.40. The Bertz CT molecular complexity index is 1130. The molecule has 3 N–H and O–H groups in total. The minimum absolute atomic E-state index is 0.0609. The van der Waals surface area contributed by atoms with Crippen molar-refractivity contribution in [2.24, 2.45) is 5.41 Å². The average molecular weight is 407 g/mol. The van der Waals surface area contributed by atoms with Crippen LogP contribution < -0.4 is 11.1 Å². The van der Waals surface area contributed by atoms with Crippen molar-refractivity contribution in [2.45, 2.75) is 33.6 Å². The summed E-state index contributed by atoms with van der Waals surface area (Å²) in [6, 6.07) is 4.01. The Labute approximate surface area is 177 Å². The molecule has 0 atom stereocenters. The maximum absolute atomic E-state index is 12.9. The van der Waals surface area contributed by atoms with E-state index in [4.69, 9.17) is 5.73 Å². The van der Waals surface area contributed by atoms with Crippen LogP contribution in [-0.2, 0) is 6.42 Å². The summed E-state index contributed by atoms with van der Waals surface area (Å²) < 4.78 is 2.17. The van der Waals surface area contributed by atoms with E-state index in [1.165, 1.54) is 6.33 Å². The SMILES string of the molecule is Cc1cn(-c2ccc3c(N)ncnc3c2NCCN(C)C)c2c1C(=O)CC(C)(C)C2. The lowest BCUT2D eigenvalue weighted by molar-refractivity contribution is 0.0910. The second-order valence-electron chi connectivity index (χ2n) is 9.29. The predicted octanol–water partition coefficient (Wildman–Crippen LogP) is 3.44. The molecule has 0 fully saturated rings. The van der Waals surface area contributed by atoms with Crippen molar-refractivity contribution in [3.63, 3.8) is 0 Å². The molecule has 0 bridgehead atoms. The van der Waals surface area contributed by atoms with Crippen LogP contribution in [0, 0.1) is 12.3 Å². The zero-order chi connectivity index (χ0) is 21.6. The molecule has 0 unspecified atom stereocenters. The number of aromatic nitrogens is 3. The zero-order valence-electron chi connectivity index (χ0n) is 18.4. The minimum Gasteiger partial charge on any atom is -0.383 e. The van der Waals surface area contributed by atoms with E-state index >= 15 is 0 Å². The fourth-order valence-electron chi connectivity index (χ4n) is 4.41. The Balaban J connectivity index is 1.91. The number of carbonyl (C=O) groups is 1. The summed E-state index contributed by atoms with van der Waals surface area (Å²) in [7, 11) is 4.09. The van der Waals surface area contributed by atoms with E-state index < -0.39 is 0 Å². The number of hydrogen-bond acceptors (Lipinski definition) is 6. The van der Waals surface area contributed by atoms with Crippen LogP contribution in [0.2, 0.25) is 0 Å². The number of anilines is 2. The first-order chi connectivity index (χ1) is 14.2. The molecule has 0 amide bonds. The molecule has 30 heavy (non-hydrogen) atoms. The zero-order valence-corrected chi connectivity index (χ0v) is 18.4. The van der Waals surface area contributed by atoms with Gasteiger partial charge in [-0.05, 0) is 50.6 Å². The van der Waals surface area contributed by atoms with E-state index in [1.807, 2.05) is 33.2 Å². The third kappa shape index (κ3) is 3.54. The van der Waals surface area contributed by atoms with E-state index in [2.05, 4.69) is 44.8 Å². The van der Waals surface area contributed by atoms with Crippen LogP contribution in [0.4, 0.5) is 11.5 Å². The van der Waals surface area contributed by atoms with Crippen molar-refractivity contribution in [1.29, 1.82) is 0 Å². The Kier molecular flexibility index (Phi) is 5.02. The molecule has 0 saturated heterocycles. The molecule has 1 aliphatic rings. The lowest BCUT2D eigenvalue weighted by Gasteiger charge is -2.30. The highest BCUT2D eigenvalue weighted by atomic mass is 16.1. The first-order valence-corrected chi connectivity index (χ1v) is 10.3. The summed E-state index contributed by atoms with van der Waals surface area (Å²) >= 11 is 0. The van der Waals surface area contributed by atoms with Gasteiger partial charge in [0, 0.05) is 42.4 Å². The number of likely N-dealkylation sites (N-methyl/N-ethyl adjacent to an activating group) is 1. The van der Waals surface area contributed by atoms with Gasteiger partial charge in [0.05, 0.1) is 11.4 Å². The molecule has 0 radical (unpaired) electrons. The van der Waals surface area contributed by atoms with Crippen molar-refractivity contribution in [3.05, 3.63) is 41.5 Å². The van der Waals surface area contributed by atoms with Gasteiger partial charge >= 0.3 is 0 Å². The molecule has 0 aliphatic heterocycles. The summed E-state index contributed by atoms with van der Waals surface area (Å²) in [6.07, 6.45) is 5.01. The summed E-state index contributed by atoms with van der Waals surface area (Å²) in [4.78, 5) is 23.7. The number of carbonyl (C=O) groups excluding carboxylic acids is 1. The van der Waals surface area contributed by atoms with Gasteiger partial charge in [-0.15, -0.1) is 0 Å². The van der Waals surface area contributed by atoms with E-state index in [1.54, 1.807) is 0 Å². The van der Waals surface area contributed by atoms with Gasteiger partial charge in [-0.25, -0.2) is 9.97 Å². The van der Waals surface area contributed by atoms with Crippen LogP contribution in [0.1, 0.15) is 41.9 Å². The Morgan fingerprint density at radius 3 is 2.73 bits per heavy atom. The molecule has 7 nitrogen and oxygen atoms in total. The predicted molar refractivity (Wildman–Crippen MR) is 121 cm³/mol. The Morgan fingerprint density at radius 1 is 1.23 bits per heavy atom. The van der Waals surface area contributed by atoms with Crippen LogP contribution in [0.15, 0.2) is 24.7 Å². The number of Topliss-reactive ketones (excluding diaryl/α,β-unsaturated/α-hetero) is 1. The molecular weight excluding hydrogens is 376 g/mol. The number of fused-ring (bicyclic) bond motifs is 2. The minimum atomic E-state index is -0.0609. The van der Waals surface area contributed by atoms with E-state index in [9.17, 15) is 4.79 Å². The van der Waals surface area contributed by atoms with Gasteiger partial charge in [-0.1, -0.05) is 13.8 Å². The van der Waals surface area contributed by atoms with E-state index in [0.29, 0.717) is 12.2 Å². The van der Waals surface area contributed by atoms with Gasteiger partial charge in [0.25, 0.3) is 0 Å². The number of aryl methyl sites for hydroxylation is 1.